The number of carbonyl (C=O) groups excluding carboxylic acids is 1. The van der Waals surface area contributed by atoms with Gasteiger partial charge in [0.1, 0.15) is 0 Å². The molecule has 0 bridgehead atoms. The van der Waals surface area contributed by atoms with Crippen molar-refractivity contribution in [2.45, 2.75) is 125 Å². The first-order valence-corrected chi connectivity index (χ1v) is 13.1. The predicted octanol–water partition coefficient (Wildman–Crippen LogP) is 9.85. The van der Waals surface area contributed by atoms with Crippen molar-refractivity contribution in [1.29, 1.82) is 0 Å². The topological polar surface area (TPSA) is 17.1 Å². The fourth-order valence-electron chi connectivity index (χ4n) is 4.84. The number of rotatable bonds is 9. The normalized spacial score (nSPS) is 12.3. The molecule has 182 valence electrons. The number of ketones is 1. The van der Waals surface area contributed by atoms with Gasteiger partial charge in [0.2, 0.25) is 0 Å². The van der Waals surface area contributed by atoms with Crippen LogP contribution in [0.2, 0.25) is 0 Å². The quantitative estimate of drug-likeness (QED) is 0.349. The molecule has 2 aromatic carbocycles. The van der Waals surface area contributed by atoms with Crippen LogP contribution >= 0.6 is 0 Å². The van der Waals surface area contributed by atoms with Gasteiger partial charge in [-0.1, -0.05) is 107 Å². The Kier molecular flexibility index (Phi) is 9.14. The largest absolute Gasteiger partial charge is 0.294 e. The lowest BCUT2D eigenvalue weighted by molar-refractivity contribution is 0.0990. The number of benzene rings is 2. The van der Waals surface area contributed by atoms with Crippen LogP contribution in [0.15, 0.2) is 24.3 Å². The van der Waals surface area contributed by atoms with E-state index in [0.29, 0.717) is 41.9 Å². The number of hydrogen-bond acceptors (Lipinski definition) is 1. The molecule has 0 aliphatic rings. The van der Waals surface area contributed by atoms with Crippen LogP contribution in [0.3, 0.4) is 0 Å². The van der Waals surface area contributed by atoms with Crippen molar-refractivity contribution in [3.63, 3.8) is 0 Å². The van der Waals surface area contributed by atoms with Crippen LogP contribution < -0.4 is 0 Å². The molecule has 0 spiro atoms. The highest BCUT2D eigenvalue weighted by molar-refractivity contribution is 6.01. The molecule has 0 unspecified atom stereocenters. The van der Waals surface area contributed by atoms with Gasteiger partial charge in [-0.2, -0.15) is 0 Å². The summed E-state index contributed by atoms with van der Waals surface area (Å²) in [4.78, 5) is 14.1. The Morgan fingerprint density at radius 2 is 0.818 bits per heavy atom. The van der Waals surface area contributed by atoms with E-state index in [1.54, 1.807) is 0 Å². The van der Waals surface area contributed by atoms with Crippen molar-refractivity contribution in [3.8, 4) is 0 Å². The molecular formula is C32H48O. The predicted molar refractivity (Wildman–Crippen MR) is 145 cm³/mol. The fourth-order valence-corrected chi connectivity index (χ4v) is 4.84. The van der Waals surface area contributed by atoms with Gasteiger partial charge in [0.25, 0.3) is 0 Å². The molecule has 0 saturated carbocycles. The van der Waals surface area contributed by atoms with E-state index in [9.17, 15) is 4.79 Å². The molecule has 0 aliphatic carbocycles. The van der Waals surface area contributed by atoms with E-state index in [4.69, 9.17) is 0 Å². The van der Waals surface area contributed by atoms with Gasteiger partial charge in [-0.3, -0.25) is 4.79 Å². The van der Waals surface area contributed by atoms with Gasteiger partial charge in [-0.05, 0) is 74.5 Å². The third-order valence-corrected chi connectivity index (χ3v) is 7.00. The minimum Gasteiger partial charge on any atom is -0.294 e. The van der Waals surface area contributed by atoms with E-state index >= 15 is 0 Å². The third-order valence-electron chi connectivity index (χ3n) is 7.00. The maximum atomic E-state index is 14.1. The molecule has 0 saturated heterocycles. The lowest BCUT2D eigenvalue weighted by Crippen LogP contribution is -2.17. The van der Waals surface area contributed by atoms with E-state index in [0.717, 1.165) is 5.56 Å². The molecule has 0 amide bonds. The van der Waals surface area contributed by atoms with Gasteiger partial charge in [0.15, 0.2) is 5.78 Å². The van der Waals surface area contributed by atoms with E-state index in [1.165, 1.54) is 38.9 Å². The summed E-state index contributed by atoms with van der Waals surface area (Å²) in [7, 11) is 0. The fraction of sp³-hybridized carbons (Fsp3) is 0.594. The Balaban J connectivity index is 2.74. The molecule has 0 fully saturated rings. The Hall–Kier alpha value is -1.89. The Bertz CT molecular complexity index is 912. The standard InChI is InChI=1S/C32H48O/c1-18(2)24-13-26(20(5)6)30(27(14-24)21(7)8)17-31(33)32-28(22(9)10)15-25(19(3)4)16-29(32)23(11)12/h13-16,18-23H,17H2,1-12H3. The molecule has 0 aliphatic heterocycles. The second-order valence-electron chi connectivity index (χ2n) is 11.8. The van der Waals surface area contributed by atoms with Gasteiger partial charge in [-0.15, -0.1) is 0 Å². The first-order chi connectivity index (χ1) is 15.3. The van der Waals surface area contributed by atoms with Crippen LogP contribution in [-0.4, -0.2) is 5.78 Å². The summed E-state index contributed by atoms with van der Waals surface area (Å²) < 4.78 is 0. The van der Waals surface area contributed by atoms with Crippen molar-refractivity contribution < 1.29 is 4.79 Å². The zero-order valence-electron chi connectivity index (χ0n) is 23.4. The van der Waals surface area contributed by atoms with E-state index in [2.05, 4.69) is 107 Å². The van der Waals surface area contributed by atoms with Crippen LogP contribution in [0.1, 0.15) is 168 Å². The summed E-state index contributed by atoms with van der Waals surface area (Å²) in [6, 6.07) is 9.31. The smallest absolute Gasteiger partial charge is 0.167 e. The lowest BCUT2D eigenvalue weighted by Gasteiger charge is -2.25. The maximum absolute atomic E-state index is 14.1. The highest BCUT2D eigenvalue weighted by atomic mass is 16.1. The number of carbonyl (C=O) groups is 1. The summed E-state index contributed by atoms with van der Waals surface area (Å²) in [6.45, 7) is 26.9. The van der Waals surface area contributed by atoms with Crippen LogP contribution in [0, 0.1) is 0 Å². The molecule has 2 rings (SSSR count). The minimum atomic E-state index is 0.277. The maximum Gasteiger partial charge on any atom is 0.167 e. The van der Waals surface area contributed by atoms with Gasteiger partial charge < -0.3 is 0 Å². The molecule has 33 heavy (non-hydrogen) atoms. The first-order valence-electron chi connectivity index (χ1n) is 13.1. The van der Waals surface area contributed by atoms with Crippen LogP contribution in [0.4, 0.5) is 0 Å². The molecule has 0 atom stereocenters. The van der Waals surface area contributed by atoms with Gasteiger partial charge >= 0.3 is 0 Å². The summed E-state index contributed by atoms with van der Waals surface area (Å²) in [5, 5.41) is 0. The second-order valence-corrected chi connectivity index (χ2v) is 11.8. The van der Waals surface area contributed by atoms with Crippen molar-refractivity contribution in [2.75, 3.05) is 0 Å². The van der Waals surface area contributed by atoms with Crippen LogP contribution in [0.25, 0.3) is 0 Å². The summed E-state index contributed by atoms with van der Waals surface area (Å²) >= 11 is 0. The van der Waals surface area contributed by atoms with Crippen molar-refractivity contribution in [1.82, 2.24) is 0 Å². The van der Waals surface area contributed by atoms with Crippen molar-refractivity contribution in [3.05, 3.63) is 68.8 Å². The monoisotopic (exact) mass is 448 g/mol. The van der Waals surface area contributed by atoms with Crippen molar-refractivity contribution in [2.24, 2.45) is 0 Å². The SMILES string of the molecule is CC(C)c1cc(C(C)C)c(CC(=O)c2c(C(C)C)cc(C(C)C)cc2C(C)C)c(C(C)C)c1. The van der Waals surface area contributed by atoms with Gasteiger partial charge in [-0.25, -0.2) is 0 Å². The average molecular weight is 449 g/mol. The molecule has 1 heteroatoms. The molecule has 0 radical (unpaired) electrons. The molecule has 1 nitrogen and oxygen atoms in total. The van der Waals surface area contributed by atoms with E-state index < -0.39 is 0 Å². The molecule has 0 N–H and O–H groups in total. The minimum absolute atomic E-state index is 0.277. The second kappa shape index (κ2) is 11.0. The van der Waals surface area contributed by atoms with E-state index in [1.807, 2.05) is 0 Å². The summed E-state index contributed by atoms with van der Waals surface area (Å²) in [6.07, 6.45) is 0.486. The zero-order valence-corrected chi connectivity index (χ0v) is 23.4. The summed E-state index contributed by atoms with van der Waals surface area (Å²) in [5.74, 6) is 2.62. The molecule has 2 aromatic rings. The molecular weight excluding hydrogens is 400 g/mol. The van der Waals surface area contributed by atoms with E-state index in [-0.39, 0.29) is 5.78 Å². The van der Waals surface area contributed by atoms with Crippen LogP contribution in [-0.2, 0) is 6.42 Å². The lowest BCUT2D eigenvalue weighted by atomic mass is 9.79. The highest BCUT2D eigenvalue weighted by Gasteiger charge is 2.25. The van der Waals surface area contributed by atoms with Gasteiger partial charge in [0, 0.05) is 12.0 Å². The Labute approximate surface area is 204 Å². The third kappa shape index (κ3) is 6.17. The average Bonchev–Trinajstić information content (AvgIpc) is 2.71. The highest BCUT2D eigenvalue weighted by Crippen LogP contribution is 2.36. The zero-order chi connectivity index (χ0) is 25.2. The van der Waals surface area contributed by atoms with Crippen LogP contribution in [0.5, 0.6) is 0 Å². The Morgan fingerprint density at radius 1 is 0.515 bits per heavy atom. The molecule has 0 heterocycles. The Morgan fingerprint density at radius 3 is 1.09 bits per heavy atom. The molecule has 0 aromatic heterocycles. The number of hydrogen-bond donors (Lipinski definition) is 0. The van der Waals surface area contributed by atoms with Gasteiger partial charge in [0.05, 0.1) is 0 Å². The van der Waals surface area contributed by atoms with Crippen molar-refractivity contribution >= 4 is 5.78 Å². The summed E-state index contributed by atoms with van der Waals surface area (Å²) in [5.41, 5.74) is 10.1. The first kappa shape index (κ1) is 27.4. The number of Topliss-reactive ketones (excluding diaryl/α,β-unsaturated/α-hetero) is 1.